The van der Waals surface area contributed by atoms with E-state index in [0.29, 0.717) is 6.04 Å². The van der Waals surface area contributed by atoms with Crippen molar-refractivity contribution in [2.24, 2.45) is 0 Å². The summed E-state index contributed by atoms with van der Waals surface area (Å²) in [5, 5.41) is 3.37. The smallest absolute Gasteiger partial charge is 0.213 e. The van der Waals surface area contributed by atoms with Crippen molar-refractivity contribution in [3.05, 3.63) is 23.9 Å². The van der Waals surface area contributed by atoms with E-state index in [1.807, 2.05) is 12.1 Å². The Morgan fingerprint density at radius 3 is 2.94 bits per heavy atom. The Labute approximate surface area is 98.2 Å². The van der Waals surface area contributed by atoms with E-state index >= 15 is 0 Å². The van der Waals surface area contributed by atoms with Gasteiger partial charge in [0, 0.05) is 24.8 Å². The Kier molecular flexibility index (Phi) is 5.86. The highest BCUT2D eigenvalue weighted by Gasteiger charge is 1.99. The first-order chi connectivity index (χ1) is 7.72. The average Bonchev–Trinajstić information content (AvgIpc) is 2.27. The fraction of sp³-hybridized carbons (Fsp3) is 0.615. The van der Waals surface area contributed by atoms with Gasteiger partial charge in [-0.3, -0.25) is 0 Å². The number of unbranched alkanes of at least 4 members (excludes halogenated alkanes) is 1. The van der Waals surface area contributed by atoms with Crippen LogP contribution >= 0.6 is 0 Å². The van der Waals surface area contributed by atoms with Gasteiger partial charge in [0.15, 0.2) is 0 Å². The molecule has 3 heteroatoms. The van der Waals surface area contributed by atoms with Crippen LogP contribution in [-0.4, -0.2) is 17.6 Å². The number of aromatic nitrogens is 1. The van der Waals surface area contributed by atoms with Crippen molar-refractivity contribution in [2.75, 3.05) is 6.61 Å². The molecule has 0 saturated carbocycles. The van der Waals surface area contributed by atoms with Gasteiger partial charge in [-0.15, -0.1) is 0 Å². The van der Waals surface area contributed by atoms with Crippen molar-refractivity contribution in [1.29, 1.82) is 0 Å². The number of pyridine rings is 1. The lowest BCUT2D eigenvalue weighted by Gasteiger charge is -2.09. The summed E-state index contributed by atoms with van der Waals surface area (Å²) in [5.74, 6) is 0.733. The summed E-state index contributed by atoms with van der Waals surface area (Å²) in [6.45, 7) is 8.05. The third-order valence-corrected chi connectivity index (χ3v) is 2.26. The van der Waals surface area contributed by atoms with Crippen LogP contribution in [0.25, 0.3) is 0 Å². The summed E-state index contributed by atoms with van der Waals surface area (Å²) in [5.41, 5.74) is 1.22. The largest absolute Gasteiger partial charge is 0.478 e. The van der Waals surface area contributed by atoms with Crippen molar-refractivity contribution >= 4 is 0 Å². The minimum atomic E-state index is 0.498. The van der Waals surface area contributed by atoms with Crippen LogP contribution in [0.15, 0.2) is 18.3 Å². The predicted molar refractivity (Wildman–Crippen MR) is 66.6 cm³/mol. The van der Waals surface area contributed by atoms with Crippen LogP contribution in [0.3, 0.4) is 0 Å². The molecule has 0 aliphatic rings. The molecule has 0 atom stereocenters. The van der Waals surface area contributed by atoms with Gasteiger partial charge in [-0.2, -0.15) is 0 Å². The molecule has 0 unspecified atom stereocenters. The van der Waals surface area contributed by atoms with E-state index in [-0.39, 0.29) is 0 Å². The molecule has 3 nitrogen and oxygen atoms in total. The lowest BCUT2D eigenvalue weighted by atomic mass is 10.2. The average molecular weight is 222 g/mol. The Morgan fingerprint density at radius 1 is 1.44 bits per heavy atom. The highest BCUT2D eigenvalue weighted by atomic mass is 16.5. The minimum Gasteiger partial charge on any atom is -0.478 e. The number of nitrogens with one attached hydrogen (secondary N) is 1. The summed E-state index contributed by atoms with van der Waals surface area (Å²) in [6, 6.07) is 4.52. The number of ether oxygens (including phenoxy) is 1. The molecule has 1 aromatic rings. The van der Waals surface area contributed by atoms with E-state index in [9.17, 15) is 0 Å². The van der Waals surface area contributed by atoms with Crippen LogP contribution in [0.1, 0.15) is 39.2 Å². The van der Waals surface area contributed by atoms with Gasteiger partial charge in [-0.1, -0.05) is 27.2 Å². The van der Waals surface area contributed by atoms with Crippen LogP contribution in [-0.2, 0) is 6.54 Å². The summed E-state index contributed by atoms with van der Waals surface area (Å²) in [6.07, 6.45) is 4.03. The molecule has 1 rings (SSSR count). The number of hydrogen-bond donors (Lipinski definition) is 1. The predicted octanol–water partition coefficient (Wildman–Crippen LogP) is 2.76. The summed E-state index contributed by atoms with van der Waals surface area (Å²) >= 11 is 0. The van der Waals surface area contributed by atoms with Crippen molar-refractivity contribution in [2.45, 2.75) is 46.2 Å². The first-order valence-electron chi connectivity index (χ1n) is 6.03. The van der Waals surface area contributed by atoms with Crippen molar-refractivity contribution in [3.63, 3.8) is 0 Å². The quantitative estimate of drug-likeness (QED) is 0.720. The SMILES string of the molecule is CCCCOc1cc(CNC(C)C)ccn1. The van der Waals surface area contributed by atoms with Gasteiger partial charge in [0.05, 0.1) is 6.61 Å². The van der Waals surface area contributed by atoms with Gasteiger partial charge in [0.2, 0.25) is 5.88 Å². The molecular formula is C13H22N2O. The normalized spacial score (nSPS) is 10.8. The number of rotatable bonds is 7. The van der Waals surface area contributed by atoms with Crippen molar-refractivity contribution in [1.82, 2.24) is 10.3 Å². The Hall–Kier alpha value is -1.09. The van der Waals surface area contributed by atoms with Crippen molar-refractivity contribution in [3.8, 4) is 5.88 Å². The summed E-state index contributed by atoms with van der Waals surface area (Å²) in [4.78, 5) is 4.19. The van der Waals surface area contributed by atoms with Gasteiger partial charge in [-0.25, -0.2) is 4.98 Å². The first kappa shape index (κ1) is 13.0. The van der Waals surface area contributed by atoms with Crippen LogP contribution in [0.5, 0.6) is 5.88 Å². The molecule has 0 aliphatic heterocycles. The molecule has 1 aromatic heterocycles. The van der Waals surface area contributed by atoms with Gasteiger partial charge in [0.1, 0.15) is 0 Å². The topological polar surface area (TPSA) is 34.1 Å². The molecule has 90 valence electrons. The molecular weight excluding hydrogens is 200 g/mol. The summed E-state index contributed by atoms with van der Waals surface area (Å²) < 4.78 is 5.55. The molecule has 0 radical (unpaired) electrons. The zero-order valence-corrected chi connectivity index (χ0v) is 10.5. The fourth-order valence-corrected chi connectivity index (χ4v) is 1.28. The molecule has 1 N–H and O–H groups in total. The van der Waals surface area contributed by atoms with Crippen LogP contribution in [0.4, 0.5) is 0 Å². The fourth-order valence-electron chi connectivity index (χ4n) is 1.28. The second kappa shape index (κ2) is 7.23. The second-order valence-corrected chi connectivity index (χ2v) is 4.24. The van der Waals surface area contributed by atoms with E-state index in [1.54, 1.807) is 6.20 Å². The van der Waals surface area contributed by atoms with E-state index in [0.717, 1.165) is 31.9 Å². The maximum atomic E-state index is 5.55. The monoisotopic (exact) mass is 222 g/mol. The third kappa shape index (κ3) is 5.12. The standard InChI is InChI=1S/C13H22N2O/c1-4-5-8-16-13-9-12(6-7-14-13)10-15-11(2)3/h6-7,9,11,15H,4-5,8,10H2,1-3H3. The van der Waals surface area contributed by atoms with Crippen molar-refractivity contribution < 1.29 is 4.74 Å². The van der Waals surface area contributed by atoms with E-state index < -0.39 is 0 Å². The van der Waals surface area contributed by atoms with Crippen LogP contribution in [0.2, 0.25) is 0 Å². The van der Waals surface area contributed by atoms with E-state index in [1.165, 1.54) is 5.56 Å². The molecule has 0 bridgehead atoms. The molecule has 16 heavy (non-hydrogen) atoms. The number of nitrogens with zero attached hydrogens (tertiary/aromatic N) is 1. The number of hydrogen-bond acceptors (Lipinski definition) is 3. The molecule has 0 saturated heterocycles. The van der Waals surface area contributed by atoms with Gasteiger partial charge in [0.25, 0.3) is 0 Å². The Balaban J connectivity index is 2.43. The Morgan fingerprint density at radius 2 is 2.25 bits per heavy atom. The van der Waals surface area contributed by atoms with E-state index in [4.69, 9.17) is 4.74 Å². The van der Waals surface area contributed by atoms with Gasteiger partial charge < -0.3 is 10.1 Å². The minimum absolute atomic E-state index is 0.498. The second-order valence-electron chi connectivity index (χ2n) is 4.24. The first-order valence-corrected chi connectivity index (χ1v) is 6.03. The summed E-state index contributed by atoms with van der Waals surface area (Å²) in [7, 11) is 0. The zero-order valence-electron chi connectivity index (χ0n) is 10.5. The van der Waals surface area contributed by atoms with Crippen LogP contribution in [0, 0.1) is 0 Å². The lowest BCUT2D eigenvalue weighted by molar-refractivity contribution is 0.297. The third-order valence-electron chi connectivity index (χ3n) is 2.26. The van der Waals surface area contributed by atoms with Gasteiger partial charge in [-0.05, 0) is 18.1 Å². The van der Waals surface area contributed by atoms with Crippen LogP contribution < -0.4 is 10.1 Å². The lowest BCUT2D eigenvalue weighted by Crippen LogP contribution is -2.21. The van der Waals surface area contributed by atoms with Gasteiger partial charge >= 0.3 is 0 Å². The molecule has 0 aromatic carbocycles. The Bertz CT molecular complexity index is 300. The molecule has 0 spiro atoms. The maximum absolute atomic E-state index is 5.55. The maximum Gasteiger partial charge on any atom is 0.213 e. The highest BCUT2D eigenvalue weighted by molar-refractivity contribution is 5.20. The molecule has 1 heterocycles. The zero-order chi connectivity index (χ0) is 11.8. The highest BCUT2D eigenvalue weighted by Crippen LogP contribution is 2.09. The molecule has 0 fully saturated rings. The molecule has 0 aliphatic carbocycles. The molecule has 0 amide bonds. The van der Waals surface area contributed by atoms with E-state index in [2.05, 4.69) is 31.1 Å².